The Morgan fingerprint density at radius 1 is 1.53 bits per heavy atom. The largest absolute Gasteiger partial charge is 0.496 e. The molecule has 0 aliphatic rings. The second-order valence-electron chi connectivity index (χ2n) is 3.62. The van der Waals surface area contributed by atoms with E-state index in [4.69, 9.17) is 10.00 Å². The standard InChI is InChI=1S/C13H16N2O2/c1-3-11-8-10(4-5-12(11)17-2)6-7-15-13(16)9-14/h4-5,8H,3,6-7H2,1-2H3,(H,15,16). The summed E-state index contributed by atoms with van der Waals surface area (Å²) in [6, 6.07) is 7.49. The molecule has 1 rings (SSSR count). The van der Waals surface area contributed by atoms with Gasteiger partial charge in [0.2, 0.25) is 0 Å². The van der Waals surface area contributed by atoms with E-state index in [1.165, 1.54) is 6.07 Å². The molecule has 0 aliphatic carbocycles. The topological polar surface area (TPSA) is 62.1 Å². The van der Waals surface area contributed by atoms with Crippen molar-refractivity contribution in [1.82, 2.24) is 5.32 Å². The van der Waals surface area contributed by atoms with Gasteiger partial charge in [-0.1, -0.05) is 19.1 Å². The molecule has 0 unspecified atom stereocenters. The molecule has 0 aromatic heterocycles. The first-order valence-corrected chi connectivity index (χ1v) is 5.55. The van der Waals surface area contributed by atoms with Crippen molar-refractivity contribution in [2.45, 2.75) is 19.8 Å². The lowest BCUT2D eigenvalue weighted by Gasteiger charge is -2.09. The van der Waals surface area contributed by atoms with Gasteiger partial charge >= 0.3 is 5.91 Å². The molecule has 0 atom stereocenters. The fraction of sp³-hybridized carbons (Fsp3) is 0.385. The molecule has 4 heteroatoms. The van der Waals surface area contributed by atoms with Crippen LogP contribution in [0.5, 0.6) is 5.75 Å². The van der Waals surface area contributed by atoms with Crippen LogP contribution in [0, 0.1) is 11.3 Å². The molecule has 0 saturated heterocycles. The van der Waals surface area contributed by atoms with Gasteiger partial charge in [-0.05, 0) is 30.0 Å². The molecule has 17 heavy (non-hydrogen) atoms. The Balaban J connectivity index is 2.61. The van der Waals surface area contributed by atoms with E-state index >= 15 is 0 Å². The van der Waals surface area contributed by atoms with Crippen molar-refractivity contribution in [1.29, 1.82) is 5.26 Å². The minimum absolute atomic E-state index is 0.474. The highest BCUT2D eigenvalue weighted by Gasteiger charge is 2.03. The highest BCUT2D eigenvalue weighted by Crippen LogP contribution is 2.20. The maximum absolute atomic E-state index is 10.7. The van der Waals surface area contributed by atoms with Gasteiger partial charge in [-0.15, -0.1) is 0 Å². The van der Waals surface area contributed by atoms with Crippen molar-refractivity contribution >= 4 is 5.91 Å². The van der Waals surface area contributed by atoms with Gasteiger partial charge in [0.25, 0.3) is 0 Å². The number of nitrogens with one attached hydrogen (secondary N) is 1. The normalized spacial score (nSPS) is 9.47. The van der Waals surface area contributed by atoms with Crippen LogP contribution in [-0.4, -0.2) is 19.6 Å². The molecule has 0 heterocycles. The first-order chi connectivity index (χ1) is 8.21. The summed E-state index contributed by atoms with van der Waals surface area (Å²) in [4.78, 5) is 10.7. The van der Waals surface area contributed by atoms with E-state index in [0.717, 1.165) is 23.3 Å². The number of carbonyl (C=O) groups is 1. The van der Waals surface area contributed by atoms with E-state index in [9.17, 15) is 4.79 Å². The summed E-state index contributed by atoms with van der Waals surface area (Å²) >= 11 is 0. The second-order valence-corrected chi connectivity index (χ2v) is 3.62. The van der Waals surface area contributed by atoms with Gasteiger partial charge in [0.1, 0.15) is 5.75 Å². The maximum Gasteiger partial charge on any atom is 0.322 e. The lowest BCUT2D eigenvalue weighted by molar-refractivity contribution is -0.115. The zero-order valence-electron chi connectivity index (χ0n) is 10.1. The monoisotopic (exact) mass is 232 g/mol. The smallest absolute Gasteiger partial charge is 0.322 e. The Kier molecular flexibility index (Phi) is 5.02. The third-order valence-electron chi connectivity index (χ3n) is 2.53. The van der Waals surface area contributed by atoms with Gasteiger partial charge in [0.05, 0.1) is 7.11 Å². The second kappa shape index (κ2) is 6.54. The third-order valence-corrected chi connectivity index (χ3v) is 2.53. The highest BCUT2D eigenvalue weighted by molar-refractivity contribution is 5.91. The molecule has 1 aromatic carbocycles. The summed E-state index contributed by atoms with van der Waals surface area (Å²) in [5.74, 6) is 0.298. The number of aryl methyl sites for hydroxylation is 1. The van der Waals surface area contributed by atoms with Crippen LogP contribution in [0.25, 0.3) is 0 Å². The van der Waals surface area contributed by atoms with Crippen molar-refractivity contribution in [2.75, 3.05) is 13.7 Å². The summed E-state index contributed by atoms with van der Waals surface area (Å²) in [5, 5.41) is 10.8. The number of methoxy groups -OCH3 is 1. The van der Waals surface area contributed by atoms with Crippen molar-refractivity contribution in [3.05, 3.63) is 29.3 Å². The van der Waals surface area contributed by atoms with Crippen LogP contribution < -0.4 is 10.1 Å². The molecular weight excluding hydrogens is 216 g/mol. The van der Waals surface area contributed by atoms with Crippen molar-refractivity contribution < 1.29 is 9.53 Å². The first-order valence-electron chi connectivity index (χ1n) is 5.55. The zero-order valence-corrected chi connectivity index (χ0v) is 10.1. The van der Waals surface area contributed by atoms with Gasteiger partial charge in [-0.3, -0.25) is 4.79 Å². The molecule has 90 valence electrons. The van der Waals surface area contributed by atoms with Crippen molar-refractivity contribution in [2.24, 2.45) is 0 Å². The van der Waals surface area contributed by atoms with Crippen LogP contribution >= 0.6 is 0 Å². The molecule has 1 N–H and O–H groups in total. The summed E-state index contributed by atoms with van der Waals surface area (Å²) in [7, 11) is 1.65. The van der Waals surface area contributed by atoms with Gasteiger partial charge in [0, 0.05) is 6.54 Å². The van der Waals surface area contributed by atoms with Crippen LogP contribution in [0.2, 0.25) is 0 Å². The Hall–Kier alpha value is -2.02. The van der Waals surface area contributed by atoms with Crippen LogP contribution in [0.4, 0.5) is 0 Å². The number of nitrogens with zero attached hydrogens (tertiary/aromatic N) is 1. The number of ether oxygens (including phenoxy) is 1. The average Bonchev–Trinajstić information content (AvgIpc) is 2.38. The zero-order chi connectivity index (χ0) is 12.7. The third kappa shape index (κ3) is 3.80. The maximum atomic E-state index is 10.7. The van der Waals surface area contributed by atoms with Crippen LogP contribution in [0.15, 0.2) is 18.2 Å². The predicted octanol–water partition coefficient (Wildman–Crippen LogP) is 1.44. The summed E-state index contributed by atoms with van der Waals surface area (Å²) < 4.78 is 5.24. The number of amides is 1. The number of rotatable bonds is 5. The molecule has 0 radical (unpaired) electrons. The fourth-order valence-electron chi connectivity index (χ4n) is 1.62. The SMILES string of the molecule is CCc1cc(CCNC(=O)C#N)ccc1OC. The van der Waals surface area contributed by atoms with Crippen LogP contribution in [-0.2, 0) is 17.6 Å². The van der Waals surface area contributed by atoms with E-state index in [0.29, 0.717) is 13.0 Å². The highest BCUT2D eigenvalue weighted by atomic mass is 16.5. The van der Waals surface area contributed by atoms with Crippen molar-refractivity contribution in [3.8, 4) is 11.8 Å². The van der Waals surface area contributed by atoms with Crippen molar-refractivity contribution in [3.63, 3.8) is 0 Å². The predicted molar refractivity (Wildman–Crippen MR) is 64.7 cm³/mol. The lowest BCUT2D eigenvalue weighted by Crippen LogP contribution is -2.23. The molecule has 1 amide bonds. The quantitative estimate of drug-likeness (QED) is 0.781. The Labute approximate surface area is 101 Å². The number of hydrogen-bond acceptors (Lipinski definition) is 3. The lowest BCUT2D eigenvalue weighted by atomic mass is 10.1. The number of benzene rings is 1. The fourth-order valence-corrected chi connectivity index (χ4v) is 1.62. The van der Waals surface area contributed by atoms with Gasteiger partial charge in [-0.25, -0.2) is 0 Å². The molecule has 0 saturated carbocycles. The molecule has 1 aromatic rings. The molecule has 0 spiro atoms. The molecule has 0 fully saturated rings. The molecule has 0 aliphatic heterocycles. The first kappa shape index (κ1) is 13.0. The number of carbonyl (C=O) groups excluding carboxylic acids is 1. The molecule has 4 nitrogen and oxygen atoms in total. The van der Waals surface area contributed by atoms with Gasteiger partial charge < -0.3 is 10.1 Å². The van der Waals surface area contributed by atoms with E-state index < -0.39 is 5.91 Å². The van der Waals surface area contributed by atoms with Gasteiger partial charge in [0.15, 0.2) is 6.07 Å². The number of nitriles is 1. The van der Waals surface area contributed by atoms with E-state index in [1.807, 2.05) is 12.1 Å². The minimum atomic E-state index is -0.589. The molecule has 0 bridgehead atoms. The summed E-state index contributed by atoms with van der Waals surface area (Å²) in [6.07, 6.45) is 1.62. The van der Waals surface area contributed by atoms with E-state index in [-0.39, 0.29) is 0 Å². The Morgan fingerprint density at radius 2 is 2.29 bits per heavy atom. The van der Waals surface area contributed by atoms with E-state index in [1.54, 1.807) is 7.11 Å². The van der Waals surface area contributed by atoms with Crippen LogP contribution in [0.3, 0.4) is 0 Å². The van der Waals surface area contributed by atoms with Gasteiger partial charge in [-0.2, -0.15) is 5.26 Å². The Morgan fingerprint density at radius 3 is 2.88 bits per heavy atom. The summed E-state index contributed by atoms with van der Waals surface area (Å²) in [5.41, 5.74) is 2.28. The minimum Gasteiger partial charge on any atom is -0.496 e. The molecular formula is C13H16N2O2. The van der Waals surface area contributed by atoms with E-state index in [2.05, 4.69) is 18.3 Å². The average molecular weight is 232 g/mol. The Bertz CT molecular complexity index is 436. The number of hydrogen-bond donors (Lipinski definition) is 1. The van der Waals surface area contributed by atoms with Crippen LogP contribution in [0.1, 0.15) is 18.1 Å². The summed E-state index contributed by atoms with van der Waals surface area (Å²) in [6.45, 7) is 2.54.